The number of hydrogen-bond acceptors (Lipinski definition) is 3. The summed E-state index contributed by atoms with van der Waals surface area (Å²) in [6.45, 7) is 0. The lowest BCUT2D eigenvalue weighted by Gasteiger charge is -2.07. The average Bonchev–Trinajstić information content (AvgIpc) is 3.10. The second-order valence-corrected chi connectivity index (χ2v) is 5.01. The Kier molecular flexibility index (Phi) is 4.16. The van der Waals surface area contributed by atoms with E-state index in [1.807, 2.05) is 30.3 Å². The maximum atomic E-state index is 12.4. The third kappa shape index (κ3) is 3.44. The Bertz CT molecular complexity index is 863. The molecule has 0 bridgehead atoms. The molecule has 0 aliphatic rings. The van der Waals surface area contributed by atoms with Crippen molar-refractivity contribution in [2.45, 2.75) is 6.42 Å². The Morgan fingerprint density at radius 2 is 2.09 bits per heavy atom. The number of nitriles is 1. The van der Waals surface area contributed by atoms with Gasteiger partial charge in [0, 0.05) is 29.2 Å². The highest BCUT2D eigenvalue weighted by Crippen LogP contribution is 2.19. The van der Waals surface area contributed by atoms with E-state index in [0.29, 0.717) is 11.3 Å². The van der Waals surface area contributed by atoms with Gasteiger partial charge in [0.2, 0.25) is 0 Å². The number of carbonyl (C=O) groups is 1. The molecular formula is C18H14N4O. The quantitative estimate of drug-likeness (QED) is 0.775. The molecule has 0 aliphatic carbocycles. The van der Waals surface area contributed by atoms with Gasteiger partial charge in [-0.05, 0) is 29.8 Å². The van der Waals surface area contributed by atoms with Crippen molar-refractivity contribution in [1.82, 2.24) is 9.97 Å². The highest BCUT2D eigenvalue weighted by atomic mass is 16.1. The predicted octanol–water partition coefficient (Wildman–Crippen LogP) is 3.40. The van der Waals surface area contributed by atoms with Crippen molar-refractivity contribution in [3.8, 4) is 17.5 Å². The largest absolute Gasteiger partial charge is 0.345 e. The highest BCUT2D eigenvalue weighted by molar-refractivity contribution is 6.04. The lowest BCUT2D eigenvalue weighted by molar-refractivity contribution is 0.102. The summed E-state index contributed by atoms with van der Waals surface area (Å²) in [5.41, 5.74) is 2.94. The van der Waals surface area contributed by atoms with Crippen LogP contribution in [0, 0.1) is 11.3 Å². The highest BCUT2D eigenvalue weighted by Gasteiger charge is 2.08. The van der Waals surface area contributed by atoms with Crippen LogP contribution in [0.2, 0.25) is 0 Å². The minimum Gasteiger partial charge on any atom is -0.345 e. The summed E-state index contributed by atoms with van der Waals surface area (Å²) in [4.78, 5) is 19.6. The summed E-state index contributed by atoms with van der Waals surface area (Å²) < 4.78 is 0. The Morgan fingerprint density at radius 3 is 2.87 bits per heavy atom. The lowest BCUT2D eigenvalue weighted by Crippen LogP contribution is -2.12. The van der Waals surface area contributed by atoms with Gasteiger partial charge in [-0.1, -0.05) is 24.3 Å². The molecule has 1 amide bonds. The van der Waals surface area contributed by atoms with Crippen molar-refractivity contribution in [2.75, 3.05) is 5.32 Å². The van der Waals surface area contributed by atoms with Gasteiger partial charge in [0.15, 0.2) is 0 Å². The van der Waals surface area contributed by atoms with E-state index < -0.39 is 0 Å². The van der Waals surface area contributed by atoms with Gasteiger partial charge in [-0.3, -0.25) is 4.79 Å². The zero-order valence-electron chi connectivity index (χ0n) is 12.3. The minimum atomic E-state index is -0.207. The van der Waals surface area contributed by atoms with Gasteiger partial charge in [0.1, 0.15) is 5.82 Å². The fourth-order valence-electron chi connectivity index (χ4n) is 2.28. The van der Waals surface area contributed by atoms with Gasteiger partial charge in [-0.15, -0.1) is 0 Å². The van der Waals surface area contributed by atoms with Crippen molar-refractivity contribution in [1.29, 1.82) is 5.26 Å². The van der Waals surface area contributed by atoms with E-state index in [2.05, 4.69) is 21.4 Å². The summed E-state index contributed by atoms with van der Waals surface area (Å²) >= 11 is 0. The van der Waals surface area contributed by atoms with E-state index in [1.165, 1.54) is 0 Å². The van der Waals surface area contributed by atoms with Gasteiger partial charge in [0.05, 0.1) is 12.5 Å². The Hall–Kier alpha value is -3.39. The van der Waals surface area contributed by atoms with Crippen LogP contribution in [0.4, 0.5) is 5.69 Å². The standard InChI is InChI=1S/C18H14N4O/c19-8-7-13-3-1-5-15(11-13)18(23)22-16-6-2-4-14(12-16)17-20-9-10-21-17/h1-6,9-12H,7H2,(H,20,21)(H,22,23). The van der Waals surface area contributed by atoms with Crippen LogP contribution in [-0.2, 0) is 6.42 Å². The third-order valence-electron chi connectivity index (χ3n) is 3.36. The number of rotatable bonds is 4. The maximum Gasteiger partial charge on any atom is 0.255 e. The molecule has 112 valence electrons. The Labute approximate surface area is 133 Å². The molecule has 5 nitrogen and oxygen atoms in total. The number of carbonyl (C=O) groups excluding carboxylic acids is 1. The summed E-state index contributed by atoms with van der Waals surface area (Å²) in [6.07, 6.45) is 3.72. The number of benzene rings is 2. The molecule has 1 aromatic heterocycles. The number of nitrogens with zero attached hydrogens (tertiary/aromatic N) is 2. The molecule has 2 aromatic carbocycles. The van der Waals surface area contributed by atoms with E-state index in [0.717, 1.165) is 17.0 Å². The van der Waals surface area contributed by atoms with E-state index in [4.69, 9.17) is 5.26 Å². The number of nitrogens with one attached hydrogen (secondary N) is 2. The SMILES string of the molecule is N#CCc1cccc(C(=O)Nc2cccc(-c3ncc[nH]3)c2)c1. The molecule has 0 radical (unpaired) electrons. The number of anilines is 1. The van der Waals surface area contributed by atoms with Crippen molar-refractivity contribution in [3.63, 3.8) is 0 Å². The number of H-pyrrole nitrogens is 1. The zero-order valence-corrected chi connectivity index (χ0v) is 12.3. The van der Waals surface area contributed by atoms with Crippen LogP contribution in [0.5, 0.6) is 0 Å². The molecule has 0 spiro atoms. The fraction of sp³-hybridized carbons (Fsp3) is 0.0556. The van der Waals surface area contributed by atoms with Gasteiger partial charge in [-0.25, -0.2) is 4.98 Å². The van der Waals surface area contributed by atoms with E-state index in [1.54, 1.807) is 30.6 Å². The number of aromatic nitrogens is 2. The number of imidazole rings is 1. The van der Waals surface area contributed by atoms with Crippen LogP contribution in [0.1, 0.15) is 15.9 Å². The van der Waals surface area contributed by atoms with Crippen LogP contribution in [0.15, 0.2) is 60.9 Å². The lowest BCUT2D eigenvalue weighted by atomic mass is 10.1. The predicted molar refractivity (Wildman–Crippen MR) is 87.7 cm³/mol. The fourth-order valence-corrected chi connectivity index (χ4v) is 2.28. The molecule has 23 heavy (non-hydrogen) atoms. The van der Waals surface area contributed by atoms with E-state index in [-0.39, 0.29) is 12.3 Å². The van der Waals surface area contributed by atoms with Crippen LogP contribution >= 0.6 is 0 Å². The van der Waals surface area contributed by atoms with Crippen molar-refractivity contribution in [2.24, 2.45) is 0 Å². The van der Waals surface area contributed by atoms with Crippen molar-refractivity contribution < 1.29 is 4.79 Å². The summed E-state index contributed by atoms with van der Waals surface area (Å²) in [7, 11) is 0. The van der Waals surface area contributed by atoms with Crippen LogP contribution in [-0.4, -0.2) is 15.9 Å². The van der Waals surface area contributed by atoms with Gasteiger partial charge >= 0.3 is 0 Å². The molecule has 0 fully saturated rings. The first-order valence-corrected chi connectivity index (χ1v) is 7.13. The molecule has 0 atom stereocenters. The minimum absolute atomic E-state index is 0.207. The Morgan fingerprint density at radius 1 is 1.22 bits per heavy atom. The second kappa shape index (κ2) is 6.58. The molecule has 2 N–H and O–H groups in total. The monoisotopic (exact) mass is 302 g/mol. The number of aromatic amines is 1. The molecule has 3 aromatic rings. The average molecular weight is 302 g/mol. The normalized spacial score (nSPS) is 10.0. The Balaban J connectivity index is 1.79. The van der Waals surface area contributed by atoms with Crippen LogP contribution in [0.3, 0.4) is 0 Å². The second-order valence-electron chi connectivity index (χ2n) is 5.01. The van der Waals surface area contributed by atoms with Gasteiger partial charge < -0.3 is 10.3 Å². The van der Waals surface area contributed by atoms with E-state index >= 15 is 0 Å². The summed E-state index contributed by atoms with van der Waals surface area (Å²) in [5, 5.41) is 11.6. The van der Waals surface area contributed by atoms with Crippen LogP contribution < -0.4 is 5.32 Å². The zero-order chi connectivity index (χ0) is 16.1. The first kappa shape index (κ1) is 14.5. The smallest absolute Gasteiger partial charge is 0.255 e. The molecule has 0 saturated carbocycles. The molecule has 5 heteroatoms. The summed E-state index contributed by atoms with van der Waals surface area (Å²) in [6, 6.07) is 16.6. The van der Waals surface area contributed by atoms with Gasteiger partial charge in [-0.2, -0.15) is 5.26 Å². The topological polar surface area (TPSA) is 81.6 Å². The number of hydrogen-bond donors (Lipinski definition) is 2. The molecule has 0 unspecified atom stereocenters. The first-order valence-electron chi connectivity index (χ1n) is 7.13. The third-order valence-corrected chi connectivity index (χ3v) is 3.36. The van der Waals surface area contributed by atoms with E-state index in [9.17, 15) is 4.79 Å². The number of amides is 1. The molecule has 0 aliphatic heterocycles. The first-order chi connectivity index (χ1) is 11.3. The molecular weight excluding hydrogens is 288 g/mol. The molecule has 0 saturated heterocycles. The van der Waals surface area contributed by atoms with Crippen LogP contribution in [0.25, 0.3) is 11.4 Å². The maximum absolute atomic E-state index is 12.4. The summed E-state index contributed by atoms with van der Waals surface area (Å²) in [5.74, 6) is 0.540. The van der Waals surface area contributed by atoms with Crippen molar-refractivity contribution in [3.05, 3.63) is 72.1 Å². The molecule has 1 heterocycles. The molecule has 3 rings (SSSR count). The van der Waals surface area contributed by atoms with Crippen molar-refractivity contribution >= 4 is 11.6 Å². The van der Waals surface area contributed by atoms with Gasteiger partial charge in [0.25, 0.3) is 5.91 Å².